The van der Waals surface area contributed by atoms with Gasteiger partial charge in [-0.25, -0.2) is 0 Å². The zero-order chi connectivity index (χ0) is 11.1. The number of likely N-dealkylation sites (N-methyl/N-ethyl adjacent to an activating group) is 1. The summed E-state index contributed by atoms with van der Waals surface area (Å²) < 4.78 is 5.49. The van der Waals surface area contributed by atoms with Gasteiger partial charge in [-0.15, -0.1) is 0 Å². The van der Waals surface area contributed by atoms with E-state index in [4.69, 9.17) is 16.3 Å². The molecule has 82 valence electrons. The third kappa shape index (κ3) is 4.98. The first kappa shape index (κ1) is 12.2. The Bertz CT molecular complexity index is 325. The summed E-state index contributed by atoms with van der Waals surface area (Å²) in [4.78, 5) is 0. The van der Waals surface area contributed by atoms with Gasteiger partial charge in [0.2, 0.25) is 0 Å². The van der Waals surface area contributed by atoms with Crippen LogP contribution in [0.2, 0.25) is 5.02 Å². The number of halogens is 1. The van der Waals surface area contributed by atoms with Crippen molar-refractivity contribution < 1.29 is 4.74 Å². The maximum Gasteiger partial charge on any atom is 0.0721 e. The molecule has 1 aromatic carbocycles. The molecule has 0 aromatic heterocycles. The van der Waals surface area contributed by atoms with Gasteiger partial charge in [-0.05, 0) is 30.3 Å². The molecule has 1 rings (SSSR count). The molecule has 0 bridgehead atoms. The van der Waals surface area contributed by atoms with Gasteiger partial charge >= 0.3 is 0 Å². The van der Waals surface area contributed by atoms with Crippen LogP contribution >= 0.6 is 11.6 Å². The molecule has 0 aliphatic carbocycles. The predicted octanol–water partition coefficient (Wildman–Crippen LogP) is 2.63. The van der Waals surface area contributed by atoms with Gasteiger partial charge in [-0.3, -0.25) is 0 Å². The SMILES string of the molecule is C=C(CNC)COCc1cccc(Cl)c1. The fourth-order valence-corrected chi connectivity index (χ4v) is 1.45. The summed E-state index contributed by atoms with van der Waals surface area (Å²) in [5.74, 6) is 0. The third-order valence-electron chi connectivity index (χ3n) is 1.89. The summed E-state index contributed by atoms with van der Waals surface area (Å²) >= 11 is 5.85. The second kappa shape index (κ2) is 6.62. The lowest BCUT2D eigenvalue weighted by molar-refractivity contribution is 0.141. The van der Waals surface area contributed by atoms with Gasteiger partial charge in [-0.2, -0.15) is 0 Å². The second-order valence-corrected chi connectivity index (χ2v) is 3.84. The molecule has 0 amide bonds. The summed E-state index contributed by atoms with van der Waals surface area (Å²) in [6.45, 7) is 5.82. The Morgan fingerprint density at radius 2 is 2.33 bits per heavy atom. The van der Waals surface area contributed by atoms with E-state index in [-0.39, 0.29) is 0 Å². The van der Waals surface area contributed by atoms with Crippen molar-refractivity contribution in [2.75, 3.05) is 20.2 Å². The van der Waals surface area contributed by atoms with Crippen LogP contribution in [0.25, 0.3) is 0 Å². The van der Waals surface area contributed by atoms with Crippen molar-refractivity contribution in [3.8, 4) is 0 Å². The molecule has 1 N–H and O–H groups in total. The molecule has 0 radical (unpaired) electrons. The van der Waals surface area contributed by atoms with Crippen LogP contribution in [0.15, 0.2) is 36.4 Å². The summed E-state index contributed by atoms with van der Waals surface area (Å²) in [7, 11) is 1.89. The van der Waals surface area contributed by atoms with E-state index in [0.717, 1.165) is 22.7 Å². The molecule has 0 fully saturated rings. The van der Waals surface area contributed by atoms with Gasteiger partial charge in [-0.1, -0.05) is 30.3 Å². The predicted molar refractivity (Wildman–Crippen MR) is 64.2 cm³/mol. The van der Waals surface area contributed by atoms with Crippen LogP contribution in [0.4, 0.5) is 0 Å². The number of nitrogens with one attached hydrogen (secondary N) is 1. The Morgan fingerprint density at radius 3 is 3.00 bits per heavy atom. The number of ether oxygens (including phenoxy) is 1. The minimum Gasteiger partial charge on any atom is -0.372 e. The molecule has 0 unspecified atom stereocenters. The van der Waals surface area contributed by atoms with E-state index in [0.29, 0.717) is 13.2 Å². The topological polar surface area (TPSA) is 21.3 Å². The second-order valence-electron chi connectivity index (χ2n) is 3.40. The van der Waals surface area contributed by atoms with Crippen LogP contribution in [-0.2, 0) is 11.3 Å². The Hall–Kier alpha value is -0.830. The zero-order valence-electron chi connectivity index (χ0n) is 8.92. The van der Waals surface area contributed by atoms with E-state index in [1.165, 1.54) is 0 Å². The normalized spacial score (nSPS) is 10.3. The molecule has 0 atom stereocenters. The molecular weight excluding hydrogens is 210 g/mol. The summed E-state index contributed by atoms with van der Waals surface area (Å²) in [6, 6.07) is 7.67. The Labute approximate surface area is 95.9 Å². The molecule has 3 heteroatoms. The molecule has 0 saturated carbocycles. The van der Waals surface area contributed by atoms with Crippen LogP contribution in [-0.4, -0.2) is 20.2 Å². The third-order valence-corrected chi connectivity index (χ3v) is 2.13. The summed E-state index contributed by atoms with van der Waals surface area (Å²) in [6.07, 6.45) is 0. The lowest BCUT2D eigenvalue weighted by Crippen LogP contribution is -2.13. The van der Waals surface area contributed by atoms with Crippen LogP contribution in [0, 0.1) is 0 Å². The largest absolute Gasteiger partial charge is 0.372 e. The van der Waals surface area contributed by atoms with Gasteiger partial charge < -0.3 is 10.1 Å². The molecule has 0 heterocycles. The Kier molecular flexibility index (Phi) is 5.40. The highest BCUT2D eigenvalue weighted by Crippen LogP contribution is 2.11. The molecule has 0 spiro atoms. The lowest BCUT2D eigenvalue weighted by Gasteiger charge is -2.06. The van der Waals surface area contributed by atoms with Crippen molar-refractivity contribution in [3.05, 3.63) is 47.0 Å². The Morgan fingerprint density at radius 1 is 1.53 bits per heavy atom. The molecule has 0 saturated heterocycles. The van der Waals surface area contributed by atoms with Crippen molar-refractivity contribution in [2.45, 2.75) is 6.61 Å². The van der Waals surface area contributed by atoms with E-state index in [9.17, 15) is 0 Å². The van der Waals surface area contributed by atoms with E-state index in [2.05, 4.69) is 11.9 Å². The number of hydrogen-bond acceptors (Lipinski definition) is 2. The Balaban J connectivity index is 2.28. The maximum atomic E-state index is 5.85. The molecule has 15 heavy (non-hydrogen) atoms. The first-order valence-corrected chi connectivity index (χ1v) is 5.23. The molecule has 0 aliphatic heterocycles. The molecule has 1 aromatic rings. The fraction of sp³-hybridized carbons (Fsp3) is 0.333. The van der Waals surface area contributed by atoms with Crippen molar-refractivity contribution >= 4 is 11.6 Å². The zero-order valence-corrected chi connectivity index (χ0v) is 9.68. The standard InChI is InChI=1S/C12H16ClNO/c1-10(7-14-2)8-15-9-11-4-3-5-12(13)6-11/h3-6,14H,1,7-9H2,2H3. The number of rotatable bonds is 6. The molecular formula is C12H16ClNO. The first-order valence-electron chi connectivity index (χ1n) is 4.86. The van der Waals surface area contributed by atoms with Crippen LogP contribution < -0.4 is 5.32 Å². The first-order chi connectivity index (χ1) is 7.22. The lowest BCUT2D eigenvalue weighted by atomic mass is 10.2. The highest BCUT2D eigenvalue weighted by Gasteiger charge is 1.96. The van der Waals surface area contributed by atoms with Gasteiger partial charge in [0.1, 0.15) is 0 Å². The van der Waals surface area contributed by atoms with E-state index < -0.39 is 0 Å². The summed E-state index contributed by atoms with van der Waals surface area (Å²) in [5, 5.41) is 3.77. The average Bonchev–Trinajstić information content (AvgIpc) is 2.18. The van der Waals surface area contributed by atoms with Crippen LogP contribution in [0.5, 0.6) is 0 Å². The van der Waals surface area contributed by atoms with Crippen molar-refractivity contribution in [1.29, 1.82) is 0 Å². The van der Waals surface area contributed by atoms with Gasteiger partial charge in [0.25, 0.3) is 0 Å². The van der Waals surface area contributed by atoms with Crippen LogP contribution in [0.3, 0.4) is 0 Å². The minimum absolute atomic E-state index is 0.573. The van der Waals surface area contributed by atoms with Gasteiger partial charge in [0.15, 0.2) is 0 Å². The van der Waals surface area contributed by atoms with Crippen molar-refractivity contribution in [1.82, 2.24) is 5.32 Å². The fourth-order valence-electron chi connectivity index (χ4n) is 1.24. The highest BCUT2D eigenvalue weighted by atomic mass is 35.5. The quantitative estimate of drug-likeness (QED) is 0.752. The average molecular weight is 226 g/mol. The smallest absolute Gasteiger partial charge is 0.0721 e. The van der Waals surface area contributed by atoms with E-state index in [1.54, 1.807) is 0 Å². The summed E-state index contributed by atoms with van der Waals surface area (Å²) in [5.41, 5.74) is 2.12. The molecule has 2 nitrogen and oxygen atoms in total. The number of hydrogen-bond donors (Lipinski definition) is 1. The van der Waals surface area contributed by atoms with Crippen molar-refractivity contribution in [2.24, 2.45) is 0 Å². The molecule has 0 aliphatic rings. The van der Waals surface area contributed by atoms with Crippen molar-refractivity contribution in [3.63, 3.8) is 0 Å². The monoisotopic (exact) mass is 225 g/mol. The van der Waals surface area contributed by atoms with E-state index >= 15 is 0 Å². The van der Waals surface area contributed by atoms with E-state index in [1.807, 2.05) is 31.3 Å². The number of benzene rings is 1. The van der Waals surface area contributed by atoms with Gasteiger partial charge in [0, 0.05) is 11.6 Å². The van der Waals surface area contributed by atoms with Crippen LogP contribution in [0.1, 0.15) is 5.56 Å². The minimum atomic E-state index is 0.573. The van der Waals surface area contributed by atoms with Gasteiger partial charge in [0.05, 0.1) is 13.2 Å². The maximum absolute atomic E-state index is 5.85. The highest BCUT2D eigenvalue weighted by molar-refractivity contribution is 6.30.